The second-order valence-corrected chi connectivity index (χ2v) is 8.70. The van der Waals surface area contributed by atoms with E-state index in [1.165, 1.54) is 12.1 Å². The second-order valence-electron chi connectivity index (χ2n) is 8.29. The predicted molar refractivity (Wildman–Crippen MR) is 128 cm³/mol. The molecule has 3 heterocycles. The van der Waals surface area contributed by atoms with Gasteiger partial charge >= 0.3 is 0 Å². The van der Waals surface area contributed by atoms with Crippen LogP contribution in [0.15, 0.2) is 61.1 Å². The van der Waals surface area contributed by atoms with Crippen LogP contribution in [0.5, 0.6) is 0 Å². The summed E-state index contributed by atoms with van der Waals surface area (Å²) in [6.07, 6.45) is 5.16. The van der Waals surface area contributed by atoms with Crippen LogP contribution >= 0.6 is 11.6 Å². The third-order valence-electron chi connectivity index (χ3n) is 5.95. The van der Waals surface area contributed by atoms with Crippen LogP contribution in [0.1, 0.15) is 18.4 Å². The molecule has 33 heavy (non-hydrogen) atoms. The van der Waals surface area contributed by atoms with Gasteiger partial charge in [-0.15, -0.1) is 0 Å². The van der Waals surface area contributed by atoms with Gasteiger partial charge in [0.05, 0.1) is 28.3 Å². The number of anilines is 1. The van der Waals surface area contributed by atoms with Crippen LogP contribution < -0.4 is 10.6 Å². The highest BCUT2D eigenvalue weighted by molar-refractivity contribution is 6.33. The summed E-state index contributed by atoms with van der Waals surface area (Å²) in [4.78, 5) is 21.4. The van der Waals surface area contributed by atoms with Gasteiger partial charge in [0.15, 0.2) is 0 Å². The predicted octanol–water partition coefficient (Wildman–Crippen LogP) is 4.88. The Bertz CT molecular complexity index is 1320. The minimum absolute atomic E-state index is 0.0329. The van der Waals surface area contributed by atoms with Crippen molar-refractivity contribution >= 4 is 34.4 Å². The first kappa shape index (κ1) is 21.6. The molecule has 4 aromatic rings. The summed E-state index contributed by atoms with van der Waals surface area (Å²) in [7, 11) is 0. The number of pyridine rings is 1. The van der Waals surface area contributed by atoms with E-state index in [0.717, 1.165) is 47.1 Å². The summed E-state index contributed by atoms with van der Waals surface area (Å²) < 4.78 is 15.5. The fraction of sp³-hybridized carbons (Fsp3) is 0.240. The zero-order chi connectivity index (χ0) is 22.8. The molecule has 1 saturated heterocycles. The lowest BCUT2D eigenvalue weighted by Gasteiger charge is -2.21. The van der Waals surface area contributed by atoms with Gasteiger partial charge in [-0.25, -0.2) is 14.4 Å². The van der Waals surface area contributed by atoms with Crippen molar-refractivity contribution in [3.8, 4) is 11.1 Å². The fourth-order valence-corrected chi connectivity index (χ4v) is 4.43. The van der Waals surface area contributed by atoms with Crippen molar-refractivity contribution in [3.05, 3.63) is 77.5 Å². The van der Waals surface area contributed by atoms with Gasteiger partial charge in [0.1, 0.15) is 11.6 Å². The Hall–Kier alpha value is -3.29. The molecule has 1 unspecified atom stereocenters. The summed E-state index contributed by atoms with van der Waals surface area (Å²) >= 11 is 6.45. The monoisotopic (exact) mass is 463 g/mol. The number of fused-ring (bicyclic) bond motifs is 1. The molecule has 0 aliphatic carbocycles. The van der Waals surface area contributed by atoms with Crippen molar-refractivity contribution in [2.45, 2.75) is 19.4 Å². The first-order valence-corrected chi connectivity index (χ1v) is 11.3. The quantitative estimate of drug-likeness (QED) is 0.442. The van der Waals surface area contributed by atoms with E-state index >= 15 is 0 Å². The number of amides is 1. The molecule has 8 heteroatoms. The Morgan fingerprint density at radius 2 is 2.12 bits per heavy atom. The van der Waals surface area contributed by atoms with Gasteiger partial charge < -0.3 is 15.2 Å². The second kappa shape index (κ2) is 9.29. The minimum atomic E-state index is -0.255. The Labute approximate surface area is 195 Å². The van der Waals surface area contributed by atoms with Gasteiger partial charge in [-0.1, -0.05) is 29.8 Å². The highest BCUT2D eigenvalue weighted by atomic mass is 35.5. The molecule has 0 radical (unpaired) electrons. The lowest BCUT2D eigenvalue weighted by Crippen LogP contribution is -2.37. The van der Waals surface area contributed by atoms with E-state index < -0.39 is 0 Å². The minimum Gasteiger partial charge on any atom is -0.326 e. The maximum Gasteiger partial charge on any atom is 0.229 e. The molecule has 0 saturated carbocycles. The summed E-state index contributed by atoms with van der Waals surface area (Å²) in [5, 5.41) is 6.67. The summed E-state index contributed by atoms with van der Waals surface area (Å²) in [5.41, 5.74) is 4.25. The zero-order valence-corrected chi connectivity index (χ0v) is 18.6. The van der Waals surface area contributed by atoms with Crippen molar-refractivity contribution in [3.63, 3.8) is 0 Å². The van der Waals surface area contributed by atoms with E-state index in [-0.39, 0.29) is 17.6 Å². The molecule has 0 bridgehead atoms. The number of nitrogens with zero attached hydrogens (tertiary/aromatic N) is 3. The van der Waals surface area contributed by atoms with Gasteiger partial charge in [-0.3, -0.25) is 4.79 Å². The topological polar surface area (TPSA) is 71.8 Å². The van der Waals surface area contributed by atoms with E-state index in [0.29, 0.717) is 23.9 Å². The molecular weight excluding hydrogens is 441 g/mol. The molecular formula is C25H23ClFN5O. The number of imidazole rings is 1. The summed E-state index contributed by atoms with van der Waals surface area (Å²) in [6, 6.07) is 14.2. The number of nitrogens with one attached hydrogen (secondary N) is 2. The van der Waals surface area contributed by atoms with Gasteiger partial charge in [-0.05, 0) is 60.8 Å². The molecule has 2 N–H and O–H groups in total. The molecule has 1 aliphatic rings. The Morgan fingerprint density at radius 3 is 2.94 bits per heavy atom. The first-order chi connectivity index (χ1) is 16.1. The SMILES string of the molecule is O=C(Nc1cc(-c2ccc3c(c2)ncn3Cc2cccc(F)c2)c(Cl)cn1)C1CCCNC1. The number of halogens is 2. The van der Waals surface area contributed by atoms with Crippen molar-refractivity contribution < 1.29 is 9.18 Å². The van der Waals surface area contributed by atoms with Crippen LogP contribution in [0.25, 0.3) is 22.2 Å². The lowest BCUT2D eigenvalue weighted by molar-refractivity contribution is -0.120. The molecule has 5 rings (SSSR count). The van der Waals surface area contributed by atoms with Crippen LogP contribution in [-0.4, -0.2) is 33.5 Å². The smallest absolute Gasteiger partial charge is 0.229 e. The molecule has 6 nitrogen and oxygen atoms in total. The number of hydrogen-bond acceptors (Lipinski definition) is 4. The molecule has 1 aliphatic heterocycles. The van der Waals surface area contributed by atoms with Crippen LogP contribution in [0.2, 0.25) is 5.02 Å². The lowest BCUT2D eigenvalue weighted by atomic mass is 9.99. The Kier molecular flexibility index (Phi) is 6.07. The van der Waals surface area contributed by atoms with Crippen molar-refractivity contribution in [2.24, 2.45) is 5.92 Å². The zero-order valence-electron chi connectivity index (χ0n) is 17.9. The molecule has 1 atom stereocenters. The number of rotatable bonds is 5. The standard InChI is InChI=1S/C25H23ClFN5O/c26-21-13-29-24(31-25(33)18-4-2-8-28-12-18)11-20(21)17-6-7-23-22(10-17)30-15-32(23)14-16-3-1-5-19(27)9-16/h1,3,5-7,9-11,13,15,18,28H,2,4,8,12,14H2,(H,29,31,33). The molecule has 2 aromatic carbocycles. The van der Waals surface area contributed by atoms with Gasteiger partial charge in [0, 0.05) is 24.8 Å². The van der Waals surface area contributed by atoms with E-state index in [1.54, 1.807) is 24.7 Å². The average Bonchev–Trinajstić information content (AvgIpc) is 3.22. The molecule has 168 valence electrons. The Balaban J connectivity index is 1.39. The van der Waals surface area contributed by atoms with E-state index in [9.17, 15) is 9.18 Å². The first-order valence-electron chi connectivity index (χ1n) is 10.9. The van der Waals surface area contributed by atoms with E-state index in [4.69, 9.17) is 11.6 Å². The third-order valence-corrected chi connectivity index (χ3v) is 6.25. The van der Waals surface area contributed by atoms with E-state index in [2.05, 4.69) is 20.6 Å². The molecule has 2 aromatic heterocycles. The number of hydrogen-bond donors (Lipinski definition) is 2. The maximum atomic E-state index is 13.5. The van der Waals surface area contributed by atoms with Crippen molar-refractivity contribution in [2.75, 3.05) is 18.4 Å². The van der Waals surface area contributed by atoms with Crippen molar-refractivity contribution in [1.29, 1.82) is 0 Å². The number of carbonyl (C=O) groups is 1. The molecule has 1 amide bonds. The van der Waals surface area contributed by atoms with Crippen molar-refractivity contribution in [1.82, 2.24) is 19.9 Å². The van der Waals surface area contributed by atoms with Gasteiger partial charge in [0.2, 0.25) is 5.91 Å². The van der Waals surface area contributed by atoms with Gasteiger partial charge in [-0.2, -0.15) is 0 Å². The molecule has 0 spiro atoms. The van der Waals surface area contributed by atoms with E-state index in [1.807, 2.05) is 28.8 Å². The fourth-order valence-electron chi connectivity index (χ4n) is 4.22. The van der Waals surface area contributed by atoms with Crippen LogP contribution in [0, 0.1) is 11.7 Å². The number of carbonyl (C=O) groups excluding carboxylic acids is 1. The van der Waals surface area contributed by atoms with Crippen LogP contribution in [0.4, 0.5) is 10.2 Å². The van der Waals surface area contributed by atoms with Crippen LogP contribution in [0.3, 0.4) is 0 Å². The number of aromatic nitrogens is 3. The Morgan fingerprint density at radius 1 is 1.21 bits per heavy atom. The number of benzene rings is 2. The summed E-state index contributed by atoms with van der Waals surface area (Å²) in [5.74, 6) is 0.128. The van der Waals surface area contributed by atoms with Crippen LogP contribution in [-0.2, 0) is 11.3 Å². The largest absolute Gasteiger partial charge is 0.326 e. The molecule has 1 fully saturated rings. The highest BCUT2D eigenvalue weighted by Gasteiger charge is 2.21. The van der Waals surface area contributed by atoms with Gasteiger partial charge in [0.25, 0.3) is 0 Å². The number of piperidine rings is 1. The average molecular weight is 464 g/mol. The normalized spacial score (nSPS) is 16.1. The maximum absolute atomic E-state index is 13.5. The third kappa shape index (κ3) is 4.74. The summed E-state index contributed by atoms with van der Waals surface area (Å²) in [6.45, 7) is 2.16. The highest BCUT2D eigenvalue weighted by Crippen LogP contribution is 2.31.